The summed E-state index contributed by atoms with van der Waals surface area (Å²) in [4.78, 5) is 0.276. The van der Waals surface area contributed by atoms with E-state index in [-0.39, 0.29) is 4.90 Å². The van der Waals surface area contributed by atoms with Gasteiger partial charge in [-0.05, 0) is 42.7 Å². The zero-order valence-corrected chi connectivity index (χ0v) is 13.3. The van der Waals surface area contributed by atoms with E-state index in [9.17, 15) is 8.42 Å². The van der Waals surface area contributed by atoms with Gasteiger partial charge in [0.05, 0.1) is 4.90 Å². The summed E-state index contributed by atoms with van der Waals surface area (Å²) in [6.45, 7) is 4.00. The molecule has 0 unspecified atom stereocenters. The van der Waals surface area contributed by atoms with Crippen LogP contribution in [0.2, 0.25) is 0 Å². The zero-order chi connectivity index (χ0) is 15.6. The largest absolute Gasteiger partial charge is 0.399 e. The highest BCUT2D eigenvalue weighted by Gasteiger charge is 2.24. The summed E-state index contributed by atoms with van der Waals surface area (Å²) in [7, 11) is -1.98. The van der Waals surface area contributed by atoms with Crippen molar-refractivity contribution in [3.05, 3.63) is 59.2 Å². The Labute approximate surface area is 126 Å². The first kappa shape index (κ1) is 15.5. The number of nitrogens with two attached hydrogens (primary N) is 1. The maximum atomic E-state index is 12.7. The Bertz CT molecular complexity index is 740. The van der Waals surface area contributed by atoms with E-state index in [0.29, 0.717) is 12.2 Å². The lowest BCUT2D eigenvalue weighted by Gasteiger charge is -2.20. The molecule has 5 heteroatoms. The Balaban J connectivity index is 2.38. The number of sulfonamides is 1. The van der Waals surface area contributed by atoms with Crippen LogP contribution >= 0.6 is 0 Å². The lowest BCUT2D eigenvalue weighted by atomic mass is 10.1. The highest BCUT2D eigenvalue weighted by Crippen LogP contribution is 2.25. The lowest BCUT2D eigenvalue weighted by Crippen LogP contribution is -2.27. The molecule has 0 spiro atoms. The van der Waals surface area contributed by atoms with Crippen molar-refractivity contribution in [2.75, 3.05) is 12.8 Å². The van der Waals surface area contributed by atoms with Crippen LogP contribution in [0.5, 0.6) is 0 Å². The van der Waals surface area contributed by atoms with Gasteiger partial charge in [-0.3, -0.25) is 0 Å². The first-order valence-electron chi connectivity index (χ1n) is 6.69. The summed E-state index contributed by atoms with van der Waals surface area (Å²) in [6, 6.07) is 12.8. The van der Waals surface area contributed by atoms with Crippen molar-refractivity contribution in [1.82, 2.24) is 4.31 Å². The fraction of sp³-hybridized carbons (Fsp3) is 0.250. The molecule has 4 nitrogen and oxygen atoms in total. The molecule has 2 rings (SSSR count). The van der Waals surface area contributed by atoms with Gasteiger partial charge in [0, 0.05) is 19.3 Å². The second-order valence-corrected chi connectivity index (χ2v) is 7.22. The van der Waals surface area contributed by atoms with Crippen molar-refractivity contribution in [1.29, 1.82) is 0 Å². The third-order valence-electron chi connectivity index (χ3n) is 3.58. The summed E-state index contributed by atoms with van der Waals surface area (Å²) < 4.78 is 26.8. The Morgan fingerprint density at radius 3 is 2.33 bits per heavy atom. The van der Waals surface area contributed by atoms with Crippen molar-refractivity contribution >= 4 is 15.7 Å². The van der Waals surface area contributed by atoms with E-state index >= 15 is 0 Å². The molecule has 2 aromatic carbocycles. The number of nitrogens with zero attached hydrogens (tertiary/aromatic N) is 1. The molecular formula is C16H20N2O2S. The molecule has 2 aromatic rings. The average molecular weight is 304 g/mol. The normalized spacial score (nSPS) is 11.8. The van der Waals surface area contributed by atoms with E-state index in [1.807, 2.05) is 37.3 Å². The topological polar surface area (TPSA) is 63.4 Å². The van der Waals surface area contributed by atoms with Gasteiger partial charge in [0.2, 0.25) is 10.0 Å². The van der Waals surface area contributed by atoms with Crippen LogP contribution in [0.15, 0.2) is 47.4 Å². The van der Waals surface area contributed by atoms with Crippen LogP contribution in [0.1, 0.15) is 16.7 Å². The van der Waals surface area contributed by atoms with Gasteiger partial charge in [-0.2, -0.15) is 4.31 Å². The molecule has 0 fully saturated rings. The summed E-state index contributed by atoms with van der Waals surface area (Å²) in [5.74, 6) is 0. The van der Waals surface area contributed by atoms with Crippen molar-refractivity contribution in [2.45, 2.75) is 25.3 Å². The van der Waals surface area contributed by atoms with Gasteiger partial charge in [-0.1, -0.05) is 30.3 Å². The van der Waals surface area contributed by atoms with Crippen LogP contribution in [0.25, 0.3) is 0 Å². The summed E-state index contributed by atoms with van der Waals surface area (Å²) in [6.07, 6.45) is 0. The minimum absolute atomic E-state index is 0.276. The maximum Gasteiger partial charge on any atom is 0.243 e. The quantitative estimate of drug-likeness (QED) is 0.883. The third-order valence-corrected chi connectivity index (χ3v) is 5.51. The fourth-order valence-corrected chi connectivity index (χ4v) is 3.70. The van der Waals surface area contributed by atoms with Gasteiger partial charge in [0.1, 0.15) is 0 Å². The van der Waals surface area contributed by atoms with Crippen molar-refractivity contribution in [2.24, 2.45) is 0 Å². The average Bonchev–Trinajstić information content (AvgIpc) is 2.43. The van der Waals surface area contributed by atoms with Gasteiger partial charge in [-0.25, -0.2) is 8.42 Å². The molecule has 112 valence electrons. The molecule has 0 saturated heterocycles. The molecule has 0 heterocycles. The molecular weight excluding hydrogens is 284 g/mol. The molecule has 2 N–H and O–H groups in total. The first-order valence-corrected chi connectivity index (χ1v) is 8.13. The summed E-state index contributed by atoms with van der Waals surface area (Å²) in [5.41, 5.74) is 8.82. The molecule has 0 atom stereocenters. The first-order chi connectivity index (χ1) is 9.82. The molecule has 0 aliphatic carbocycles. The highest BCUT2D eigenvalue weighted by atomic mass is 32.2. The summed E-state index contributed by atoms with van der Waals surface area (Å²) in [5, 5.41) is 0. The van der Waals surface area contributed by atoms with E-state index in [4.69, 9.17) is 5.73 Å². The van der Waals surface area contributed by atoms with Gasteiger partial charge in [0.15, 0.2) is 0 Å². The van der Waals surface area contributed by atoms with Crippen molar-refractivity contribution < 1.29 is 8.42 Å². The number of hydrogen-bond donors (Lipinski definition) is 1. The van der Waals surface area contributed by atoms with Gasteiger partial charge in [-0.15, -0.1) is 0 Å². The highest BCUT2D eigenvalue weighted by molar-refractivity contribution is 7.89. The SMILES string of the molecule is Cc1cc(N)cc(S(=O)(=O)N(C)Cc2ccccc2)c1C. The Morgan fingerprint density at radius 2 is 1.71 bits per heavy atom. The van der Waals surface area contributed by atoms with Crippen LogP contribution < -0.4 is 5.73 Å². The summed E-state index contributed by atoms with van der Waals surface area (Å²) >= 11 is 0. The maximum absolute atomic E-state index is 12.7. The number of rotatable bonds is 4. The molecule has 21 heavy (non-hydrogen) atoms. The third kappa shape index (κ3) is 3.25. The van der Waals surface area contributed by atoms with Crippen molar-refractivity contribution in [3.63, 3.8) is 0 Å². The standard InChI is InChI=1S/C16H20N2O2S/c1-12-9-15(17)10-16(13(12)2)21(19,20)18(3)11-14-7-5-4-6-8-14/h4-10H,11,17H2,1-3H3. The predicted octanol–water partition coefficient (Wildman–Crippen LogP) is 2.71. The van der Waals surface area contributed by atoms with E-state index < -0.39 is 10.0 Å². The molecule has 0 aliphatic rings. The molecule has 0 aromatic heterocycles. The van der Waals surface area contributed by atoms with E-state index in [0.717, 1.165) is 16.7 Å². The minimum atomic E-state index is -3.56. The number of hydrogen-bond acceptors (Lipinski definition) is 3. The van der Waals surface area contributed by atoms with Gasteiger partial charge in [0.25, 0.3) is 0 Å². The van der Waals surface area contributed by atoms with Crippen LogP contribution in [-0.4, -0.2) is 19.8 Å². The number of anilines is 1. The molecule has 0 radical (unpaired) electrons. The second-order valence-electron chi connectivity index (χ2n) is 5.21. The molecule has 0 aliphatic heterocycles. The molecule has 0 saturated carbocycles. The Hall–Kier alpha value is -1.85. The van der Waals surface area contributed by atoms with E-state index in [1.165, 1.54) is 10.4 Å². The van der Waals surface area contributed by atoms with E-state index in [2.05, 4.69) is 0 Å². The smallest absolute Gasteiger partial charge is 0.243 e. The van der Waals surface area contributed by atoms with Gasteiger partial charge < -0.3 is 5.73 Å². The molecule has 0 amide bonds. The number of nitrogen functional groups attached to an aromatic ring is 1. The molecule has 0 bridgehead atoms. The van der Waals surface area contributed by atoms with Crippen LogP contribution in [0.4, 0.5) is 5.69 Å². The van der Waals surface area contributed by atoms with Gasteiger partial charge >= 0.3 is 0 Å². The Kier molecular flexibility index (Phi) is 4.34. The van der Waals surface area contributed by atoms with Crippen LogP contribution in [0.3, 0.4) is 0 Å². The second kappa shape index (κ2) is 5.87. The minimum Gasteiger partial charge on any atom is -0.399 e. The number of benzene rings is 2. The monoisotopic (exact) mass is 304 g/mol. The van der Waals surface area contributed by atoms with Crippen LogP contribution in [-0.2, 0) is 16.6 Å². The van der Waals surface area contributed by atoms with Crippen molar-refractivity contribution in [3.8, 4) is 0 Å². The van der Waals surface area contributed by atoms with Crippen LogP contribution in [0, 0.1) is 13.8 Å². The van der Waals surface area contributed by atoms with E-state index in [1.54, 1.807) is 20.0 Å². The Morgan fingerprint density at radius 1 is 1.10 bits per heavy atom. The zero-order valence-electron chi connectivity index (χ0n) is 12.5. The lowest BCUT2D eigenvalue weighted by molar-refractivity contribution is 0.466. The number of aryl methyl sites for hydroxylation is 1. The fourth-order valence-electron chi connectivity index (χ4n) is 2.22. The predicted molar refractivity (Wildman–Crippen MR) is 85.4 cm³/mol.